The number of hydrogen-bond acceptors (Lipinski definition) is 0. The molecule has 2 atom stereocenters. The predicted octanol–water partition coefficient (Wildman–Crippen LogP) is 2.42. The van der Waals surface area contributed by atoms with Crippen LogP contribution in [0.5, 0.6) is 0 Å². The van der Waals surface area contributed by atoms with Gasteiger partial charge in [-0.15, -0.1) is 0 Å². The zero-order valence-corrected chi connectivity index (χ0v) is 4.68. The summed E-state index contributed by atoms with van der Waals surface area (Å²) < 4.78 is 55.7. The van der Waals surface area contributed by atoms with Gasteiger partial charge in [-0.25, -0.2) is 8.78 Å². The molecule has 0 saturated carbocycles. The lowest BCUT2D eigenvalue weighted by atomic mass is 10.4. The molecule has 0 aromatic carbocycles. The van der Waals surface area contributed by atoms with Gasteiger partial charge in [-0.2, -0.15) is 13.2 Å². The Kier molecular flexibility index (Phi) is 2.66. The van der Waals surface area contributed by atoms with Crippen LogP contribution in [0.1, 0.15) is 0 Å². The SMILES string of the molecule is FC(Cl)C(F)C(F)(F)F. The van der Waals surface area contributed by atoms with Gasteiger partial charge in [0.05, 0.1) is 0 Å². The predicted molar refractivity (Wildman–Crippen MR) is 21.7 cm³/mol. The summed E-state index contributed by atoms with van der Waals surface area (Å²) in [5, 5.41) is 0. The second-order valence-corrected chi connectivity index (χ2v) is 1.69. The van der Waals surface area contributed by atoms with Crippen molar-refractivity contribution in [3.8, 4) is 0 Å². The van der Waals surface area contributed by atoms with Crippen LogP contribution in [0.3, 0.4) is 0 Å². The average Bonchev–Trinajstić information content (AvgIpc) is 1.62. The summed E-state index contributed by atoms with van der Waals surface area (Å²) in [6.45, 7) is 0. The third-order valence-corrected chi connectivity index (χ3v) is 0.755. The fourth-order valence-electron chi connectivity index (χ4n) is 0.143. The topological polar surface area (TPSA) is 0 Å². The lowest BCUT2D eigenvalue weighted by molar-refractivity contribution is -0.188. The molecule has 9 heavy (non-hydrogen) atoms. The van der Waals surface area contributed by atoms with E-state index in [2.05, 4.69) is 11.6 Å². The maximum Gasteiger partial charge on any atom is 0.423 e. The monoisotopic (exact) mass is 168 g/mol. The fourth-order valence-corrected chi connectivity index (χ4v) is 0.286. The zero-order valence-electron chi connectivity index (χ0n) is 3.92. The van der Waals surface area contributed by atoms with Crippen molar-refractivity contribution in [3.05, 3.63) is 0 Å². The molecule has 2 unspecified atom stereocenters. The van der Waals surface area contributed by atoms with E-state index in [9.17, 15) is 22.0 Å². The van der Waals surface area contributed by atoms with E-state index >= 15 is 0 Å². The summed E-state index contributed by atoms with van der Waals surface area (Å²) in [5.41, 5.74) is -3.01. The number of alkyl halides is 6. The van der Waals surface area contributed by atoms with Crippen LogP contribution in [-0.4, -0.2) is 18.0 Å². The van der Waals surface area contributed by atoms with E-state index in [0.717, 1.165) is 0 Å². The maximum atomic E-state index is 11.4. The summed E-state index contributed by atoms with van der Waals surface area (Å²) in [7, 11) is 0. The Morgan fingerprint density at radius 3 is 1.44 bits per heavy atom. The molecule has 0 saturated heterocycles. The minimum absolute atomic E-state index is 3.01. The van der Waals surface area contributed by atoms with E-state index in [4.69, 9.17) is 0 Å². The van der Waals surface area contributed by atoms with Crippen LogP contribution in [0.15, 0.2) is 0 Å². The van der Waals surface area contributed by atoms with Crippen LogP contribution in [0.25, 0.3) is 0 Å². The van der Waals surface area contributed by atoms with Crippen molar-refractivity contribution in [2.24, 2.45) is 0 Å². The van der Waals surface area contributed by atoms with E-state index in [1.165, 1.54) is 0 Å². The third-order valence-electron chi connectivity index (χ3n) is 0.534. The van der Waals surface area contributed by atoms with Gasteiger partial charge in [-0.05, 0) is 0 Å². The second kappa shape index (κ2) is 2.68. The Hall–Kier alpha value is -0.0600. The van der Waals surface area contributed by atoms with Crippen LogP contribution >= 0.6 is 11.6 Å². The van der Waals surface area contributed by atoms with Crippen molar-refractivity contribution < 1.29 is 22.0 Å². The molecular weight excluding hydrogens is 166 g/mol. The molecule has 0 nitrogen and oxygen atoms in total. The second-order valence-electron chi connectivity index (χ2n) is 1.28. The first-order valence-corrected chi connectivity index (χ1v) is 2.28. The van der Waals surface area contributed by atoms with Crippen molar-refractivity contribution in [1.29, 1.82) is 0 Å². The van der Waals surface area contributed by atoms with Crippen LogP contribution < -0.4 is 0 Å². The highest BCUT2D eigenvalue weighted by atomic mass is 35.5. The molecule has 0 spiro atoms. The molecule has 0 aliphatic carbocycles. The molecule has 0 rings (SSSR count). The largest absolute Gasteiger partial charge is 0.423 e. The number of halogens is 6. The van der Waals surface area contributed by atoms with E-state index in [1.807, 2.05) is 0 Å². The first-order chi connectivity index (χ1) is 3.85. The normalized spacial score (nSPS) is 19.3. The molecule has 0 amide bonds. The first kappa shape index (κ1) is 8.94. The van der Waals surface area contributed by atoms with Crippen molar-refractivity contribution in [2.45, 2.75) is 18.0 Å². The van der Waals surface area contributed by atoms with Crippen LogP contribution in [0, 0.1) is 0 Å². The van der Waals surface area contributed by atoms with Gasteiger partial charge < -0.3 is 0 Å². The number of rotatable bonds is 1. The lowest BCUT2D eigenvalue weighted by Gasteiger charge is -2.10. The van der Waals surface area contributed by atoms with E-state index in [0.29, 0.717) is 0 Å². The zero-order chi connectivity index (χ0) is 7.65. The maximum absolute atomic E-state index is 11.4. The van der Waals surface area contributed by atoms with Gasteiger partial charge in [0.1, 0.15) is 0 Å². The highest BCUT2D eigenvalue weighted by Crippen LogP contribution is 2.28. The summed E-state index contributed by atoms with van der Waals surface area (Å²) in [6, 6.07) is 0. The Bertz CT molecular complexity index is 86.7. The molecule has 0 bridgehead atoms. The molecule has 56 valence electrons. The standard InChI is InChI=1S/C3H2ClF5/c4-2(6)1(5)3(7,8)9/h1-2H. The highest BCUT2D eigenvalue weighted by molar-refractivity contribution is 6.20. The molecule has 0 aliphatic rings. The molecular formula is C3H2ClF5. The Balaban J connectivity index is 3.88. The summed E-state index contributed by atoms with van der Waals surface area (Å²) in [6.07, 6.45) is -8.78. The Morgan fingerprint density at radius 1 is 1.11 bits per heavy atom. The van der Waals surface area contributed by atoms with Gasteiger partial charge in [0.2, 0.25) is 11.8 Å². The van der Waals surface area contributed by atoms with Gasteiger partial charge in [0, 0.05) is 0 Å². The van der Waals surface area contributed by atoms with Gasteiger partial charge in [0.15, 0.2) is 0 Å². The van der Waals surface area contributed by atoms with Crippen LogP contribution in [0.2, 0.25) is 0 Å². The lowest BCUT2D eigenvalue weighted by Crippen LogP contribution is -2.30. The minimum atomic E-state index is -5.19. The van der Waals surface area contributed by atoms with Crippen molar-refractivity contribution in [3.63, 3.8) is 0 Å². The van der Waals surface area contributed by atoms with Crippen molar-refractivity contribution in [1.82, 2.24) is 0 Å². The van der Waals surface area contributed by atoms with E-state index in [-0.39, 0.29) is 0 Å². The summed E-state index contributed by atoms with van der Waals surface area (Å²) in [5.74, 6) is 0. The summed E-state index contributed by atoms with van der Waals surface area (Å²) in [4.78, 5) is 0. The molecule has 0 aliphatic heterocycles. The van der Waals surface area contributed by atoms with Crippen LogP contribution in [-0.2, 0) is 0 Å². The van der Waals surface area contributed by atoms with E-state index < -0.39 is 18.0 Å². The molecule has 0 radical (unpaired) electrons. The molecule has 0 N–H and O–H groups in total. The van der Waals surface area contributed by atoms with Crippen molar-refractivity contribution in [2.75, 3.05) is 0 Å². The third kappa shape index (κ3) is 2.84. The van der Waals surface area contributed by atoms with Gasteiger partial charge >= 0.3 is 6.18 Å². The Morgan fingerprint density at radius 2 is 1.44 bits per heavy atom. The van der Waals surface area contributed by atoms with E-state index in [1.54, 1.807) is 0 Å². The molecule has 0 aromatic heterocycles. The Labute approximate surface area is 52.6 Å². The van der Waals surface area contributed by atoms with Crippen molar-refractivity contribution >= 4 is 11.6 Å². The molecule has 0 aromatic rings. The fraction of sp³-hybridized carbons (Fsp3) is 1.00. The van der Waals surface area contributed by atoms with Crippen LogP contribution in [0.4, 0.5) is 22.0 Å². The molecule has 0 heterocycles. The average molecular weight is 168 g/mol. The highest BCUT2D eigenvalue weighted by Gasteiger charge is 2.45. The molecule has 6 heteroatoms. The van der Waals surface area contributed by atoms with Gasteiger partial charge in [-0.1, -0.05) is 11.6 Å². The molecule has 0 fully saturated rings. The summed E-state index contributed by atoms with van der Waals surface area (Å²) >= 11 is 4.15. The first-order valence-electron chi connectivity index (χ1n) is 1.84. The number of hydrogen-bond donors (Lipinski definition) is 0. The minimum Gasteiger partial charge on any atom is -0.233 e. The smallest absolute Gasteiger partial charge is 0.233 e. The van der Waals surface area contributed by atoms with Gasteiger partial charge in [0.25, 0.3) is 0 Å². The quantitative estimate of drug-likeness (QED) is 0.417. The van der Waals surface area contributed by atoms with Gasteiger partial charge in [-0.3, -0.25) is 0 Å².